The Morgan fingerprint density at radius 2 is 1.84 bits per heavy atom. The van der Waals surface area contributed by atoms with E-state index in [2.05, 4.69) is 5.32 Å². The lowest BCUT2D eigenvalue weighted by molar-refractivity contribution is -0.117. The molecule has 2 aromatic carbocycles. The van der Waals surface area contributed by atoms with E-state index in [1.165, 1.54) is 0 Å². The van der Waals surface area contributed by atoms with Crippen molar-refractivity contribution in [3.05, 3.63) is 59.2 Å². The Bertz CT molecular complexity index is 797. The maximum absolute atomic E-state index is 12.5. The molecule has 0 saturated carbocycles. The lowest BCUT2D eigenvalue weighted by Gasteiger charge is -2.22. The van der Waals surface area contributed by atoms with Crippen molar-refractivity contribution >= 4 is 17.5 Å². The molecule has 130 valence electrons. The lowest BCUT2D eigenvalue weighted by atomic mass is 10.1. The number of ether oxygens (including phenoxy) is 1. The quantitative estimate of drug-likeness (QED) is 0.932. The number of amides is 2. The molecule has 0 bridgehead atoms. The number of nitrogens with one attached hydrogen (secondary N) is 1. The molecule has 5 nitrogen and oxygen atoms in total. The largest absolute Gasteiger partial charge is 0.491 e. The molecule has 0 saturated heterocycles. The molecule has 0 atom stereocenters. The van der Waals surface area contributed by atoms with Gasteiger partial charge in [0, 0.05) is 0 Å². The van der Waals surface area contributed by atoms with E-state index in [1.807, 2.05) is 63.2 Å². The number of carbonyl (C=O) groups excluding carboxylic acids is 2. The molecule has 0 spiro atoms. The highest BCUT2D eigenvalue weighted by atomic mass is 16.5. The van der Waals surface area contributed by atoms with Gasteiger partial charge in [0.1, 0.15) is 5.75 Å². The van der Waals surface area contributed by atoms with Gasteiger partial charge in [-0.1, -0.05) is 23.8 Å². The SMILES string of the molecule is Cc1ccc2c(c1)C(=O)NCC(=O)N2Cc1ccc(OC(C)C)cc1. The molecule has 2 aromatic rings. The van der Waals surface area contributed by atoms with E-state index in [9.17, 15) is 9.59 Å². The monoisotopic (exact) mass is 338 g/mol. The number of rotatable bonds is 4. The third-order valence-electron chi connectivity index (χ3n) is 4.02. The maximum Gasteiger partial charge on any atom is 0.253 e. The summed E-state index contributed by atoms with van der Waals surface area (Å²) in [6.45, 7) is 6.30. The molecule has 25 heavy (non-hydrogen) atoms. The van der Waals surface area contributed by atoms with Gasteiger partial charge in [0.25, 0.3) is 5.91 Å². The van der Waals surface area contributed by atoms with E-state index in [4.69, 9.17) is 4.74 Å². The normalized spacial score (nSPS) is 14.2. The Hall–Kier alpha value is -2.82. The second-order valence-corrected chi connectivity index (χ2v) is 6.49. The van der Waals surface area contributed by atoms with Gasteiger partial charge < -0.3 is 15.0 Å². The zero-order valence-electron chi connectivity index (χ0n) is 14.7. The summed E-state index contributed by atoms with van der Waals surface area (Å²) in [5.74, 6) is 0.461. The number of aryl methyl sites for hydroxylation is 1. The summed E-state index contributed by atoms with van der Waals surface area (Å²) in [6.07, 6.45) is 0.116. The predicted octanol–water partition coefficient (Wildman–Crippen LogP) is 3.06. The highest BCUT2D eigenvalue weighted by molar-refractivity contribution is 6.09. The fraction of sp³-hybridized carbons (Fsp3) is 0.300. The number of nitrogens with zero attached hydrogens (tertiary/aromatic N) is 1. The van der Waals surface area contributed by atoms with Crippen LogP contribution in [0.4, 0.5) is 5.69 Å². The zero-order chi connectivity index (χ0) is 18.0. The number of fused-ring (bicyclic) bond motifs is 1. The molecule has 0 fully saturated rings. The van der Waals surface area contributed by atoms with Crippen LogP contribution in [0, 0.1) is 6.92 Å². The van der Waals surface area contributed by atoms with Gasteiger partial charge in [0.15, 0.2) is 0 Å². The van der Waals surface area contributed by atoms with Crippen LogP contribution < -0.4 is 15.0 Å². The van der Waals surface area contributed by atoms with E-state index < -0.39 is 0 Å². The molecule has 5 heteroatoms. The molecule has 1 aliphatic heterocycles. The Balaban J connectivity index is 1.89. The summed E-state index contributed by atoms with van der Waals surface area (Å²) < 4.78 is 5.65. The van der Waals surface area contributed by atoms with Crippen LogP contribution in [0.1, 0.15) is 35.3 Å². The van der Waals surface area contributed by atoms with Crippen LogP contribution in [0.3, 0.4) is 0 Å². The molecule has 3 rings (SSSR count). The summed E-state index contributed by atoms with van der Waals surface area (Å²) in [4.78, 5) is 26.4. The van der Waals surface area contributed by atoms with Crippen molar-refractivity contribution in [1.82, 2.24) is 5.32 Å². The Morgan fingerprint density at radius 3 is 2.52 bits per heavy atom. The van der Waals surface area contributed by atoms with Crippen LogP contribution in [-0.4, -0.2) is 24.5 Å². The second-order valence-electron chi connectivity index (χ2n) is 6.49. The molecule has 0 aliphatic carbocycles. The van der Waals surface area contributed by atoms with E-state index in [0.29, 0.717) is 17.8 Å². The molecule has 0 aromatic heterocycles. The van der Waals surface area contributed by atoms with E-state index >= 15 is 0 Å². The van der Waals surface area contributed by atoms with Crippen molar-refractivity contribution in [2.24, 2.45) is 0 Å². The van der Waals surface area contributed by atoms with Gasteiger partial charge in [-0.15, -0.1) is 0 Å². The molecule has 0 unspecified atom stereocenters. The van der Waals surface area contributed by atoms with Crippen molar-refractivity contribution in [3.8, 4) is 5.75 Å². The summed E-state index contributed by atoms with van der Waals surface area (Å²) in [6, 6.07) is 13.3. The van der Waals surface area contributed by atoms with Crippen LogP contribution in [-0.2, 0) is 11.3 Å². The van der Waals surface area contributed by atoms with Gasteiger partial charge in [0.05, 0.1) is 30.4 Å². The van der Waals surface area contributed by atoms with Crippen molar-refractivity contribution in [3.63, 3.8) is 0 Å². The minimum Gasteiger partial charge on any atom is -0.491 e. The summed E-state index contributed by atoms with van der Waals surface area (Å²) >= 11 is 0. The van der Waals surface area contributed by atoms with E-state index in [-0.39, 0.29) is 24.5 Å². The van der Waals surface area contributed by atoms with Crippen molar-refractivity contribution in [2.45, 2.75) is 33.4 Å². The minimum absolute atomic E-state index is 0.00110. The fourth-order valence-electron chi connectivity index (χ4n) is 2.85. The zero-order valence-corrected chi connectivity index (χ0v) is 14.7. The number of hydrogen-bond acceptors (Lipinski definition) is 3. The smallest absolute Gasteiger partial charge is 0.253 e. The van der Waals surface area contributed by atoms with E-state index in [1.54, 1.807) is 4.90 Å². The van der Waals surface area contributed by atoms with Gasteiger partial charge >= 0.3 is 0 Å². The minimum atomic E-state index is -0.213. The lowest BCUT2D eigenvalue weighted by Crippen LogP contribution is -2.36. The highest BCUT2D eigenvalue weighted by Crippen LogP contribution is 2.26. The summed E-state index contributed by atoms with van der Waals surface area (Å²) in [5, 5.41) is 2.67. The van der Waals surface area contributed by atoms with Gasteiger partial charge in [-0.05, 0) is 50.6 Å². The number of benzene rings is 2. The average molecular weight is 338 g/mol. The molecule has 0 radical (unpaired) electrons. The van der Waals surface area contributed by atoms with Crippen LogP contribution >= 0.6 is 0 Å². The van der Waals surface area contributed by atoms with Gasteiger partial charge in [0.2, 0.25) is 5.91 Å². The molecule has 1 N–H and O–H groups in total. The number of carbonyl (C=O) groups is 2. The molecule has 2 amide bonds. The average Bonchev–Trinajstić information content (AvgIpc) is 2.68. The molecule has 1 aliphatic rings. The second kappa shape index (κ2) is 6.97. The highest BCUT2D eigenvalue weighted by Gasteiger charge is 2.26. The standard InChI is InChI=1S/C20H22N2O3/c1-13(2)25-16-7-5-15(6-8-16)12-22-18-9-4-14(3)10-17(18)20(24)21-11-19(22)23/h4-10,13H,11-12H2,1-3H3,(H,21,24). The Labute approximate surface area is 147 Å². The summed E-state index contributed by atoms with van der Waals surface area (Å²) in [5.41, 5.74) is 3.14. The first-order valence-corrected chi connectivity index (χ1v) is 8.39. The van der Waals surface area contributed by atoms with Gasteiger partial charge in [-0.25, -0.2) is 0 Å². The van der Waals surface area contributed by atoms with Crippen LogP contribution in [0.15, 0.2) is 42.5 Å². The number of hydrogen-bond donors (Lipinski definition) is 1. The van der Waals surface area contributed by atoms with Crippen LogP contribution in [0.5, 0.6) is 5.75 Å². The first kappa shape index (κ1) is 17.0. The molecule has 1 heterocycles. The van der Waals surface area contributed by atoms with Crippen molar-refractivity contribution in [2.75, 3.05) is 11.4 Å². The number of anilines is 1. The van der Waals surface area contributed by atoms with Crippen LogP contribution in [0.2, 0.25) is 0 Å². The molecular weight excluding hydrogens is 316 g/mol. The van der Waals surface area contributed by atoms with Crippen molar-refractivity contribution < 1.29 is 14.3 Å². The van der Waals surface area contributed by atoms with Gasteiger partial charge in [-0.2, -0.15) is 0 Å². The predicted molar refractivity (Wildman–Crippen MR) is 96.9 cm³/mol. The van der Waals surface area contributed by atoms with Crippen LogP contribution in [0.25, 0.3) is 0 Å². The first-order valence-electron chi connectivity index (χ1n) is 8.39. The molecular formula is C20H22N2O3. The third kappa shape index (κ3) is 3.82. The van der Waals surface area contributed by atoms with E-state index in [0.717, 1.165) is 16.9 Å². The van der Waals surface area contributed by atoms with Crippen molar-refractivity contribution in [1.29, 1.82) is 0 Å². The third-order valence-corrected chi connectivity index (χ3v) is 4.02. The first-order chi connectivity index (χ1) is 11.9. The fourth-order valence-corrected chi connectivity index (χ4v) is 2.85. The Kier molecular flexibility index (Phi) is 4.74. The maximum atomic E-state index is 12.5. The summed E-state index contributed by atoms with van der Waals surface area (Å²) in [7, 11) is 0. The van der Waals surface area contributed by atoms with Gasteiger partial charge in [-0.3, -0.25) is 9.59 Å². The Morgan fingerprint density at radius 1 is 1.12 bits per heavy atom. The topological polar surface area (TPSA) is 58.6 Å².